The SMILES string of the molecule is O=C(c1cccs1)N1CC[C@H]2[C@H](CCCN2C(=O)C2(c3ccc(Cl)cc3)CCC2)C1. The number of amides is 2. The molecule has 2 aliphatic heterocycles. The molecule has 0 radical (unpaired) electrons. The van der Waals surface area contributed by atoms with E-state index in [0.29, 0.717) is 16.8 Å². The van der Waals surface area contributed by atoms with Gasteiger partial charge in [0.2, 0.25) is 5.91 Å². The molecule has 0 spiro atoms. The molecule has 0 N–H and O–H groups in total. The van der Waals surface area contributed by atoms with Crippen LogP contribution in [0.25, 0.3) is 0 Å². The van der Waals surface area contributed by atoms with Crippen LogP contribution in [0, 0.1) is 5.92 Å². The Bertz CT molecular complexity index is 923. The van der Waals surface area contributed by atoms with Crippen LogP contribution in [-0.4, -0.2) is 47.3 Å². The maximum absolute atomic E-state index is 13.9. The summed E-state index contributed by atoms with van der Waals surface area (Å²) in [4.78, 5) is 31.7. The minimum absolute atomic E-state index is 0.142. The molecule has 3 fully saturated rings. The number of halogens is 1. The van der Waals surface area contributed by atoms with Gasteiger partial charge in [0.25, 0.3) is 5.91 Å². The number of hydrogen-bond acceptors (Lipinski definition) is 3. The Morgan fingerprint density at radius 2 is 1.83 bits per heavy atom. The van der Waals surface area contributed by atoms with Gasteiger partial charge >= 0.3 is 0 Å². The van der Waals surface area contributed by atoms with Crippen LogP contribution in [0.2, 0.25) is 5.02 Å². The van der Waals surface area contributed by atoms with E-state index in [1.165, 1.54) is 11.3 Å². The van der Waals surface area contributed by atoms with Gasteiger partial charge in [0.05, 0.1) is 10.3 Å². The lowest BCUT2D eigenvalue weighted by Crippen LogP contribution is -2.61. The number of rotatable bonds is 3. The zero-order valence-corrected chi connectivity index (χ0v) is 18.6. The van der Waals surface area contributed by atoms with E-state index in [1.54, 1.807) is 0 Å². The molecule has 1 aromatic heterocycles. The number of carbonyl (C=O) groups is 2. The van der Waals surface area contributed by atoms with Crippen molar-refractivity contribution in [2.24, 2.45) is 5.92 Å². The first-order chi connectivity index (χ1) is 14.6. The van der Waals surface area contributed by atoms with Gasteiger partial charge in [-0.05, 0) is 67.2 Å². The highest BCUT2D eigenvalue weighted by Gasteiger charge is 2.50. The molecule has 0 bridgehead atoms. The largest absolute Gasteiger partial charge is 0.339 e. The molecule has 3 aliphatic rings. The number of nitrogens with zero attached hydrogens (tertiary/aromatic N) is 2. The van der Waals surface area contributed by atoms with Crippen molar-refractivity contribution in [3.8, 4) is 0 Å². The summed E-state index contributed by atoms with van der Waals surface area (Å²) >= 11 is 7.60. The Hall–Kier alpha value is -1.85. The first kappa shape index (κ1) is 20.1. The van der Waals surface area contributed by atoms with Crippen LogP contribution in [0.1, 0.15) is 53.8 Å². The summed E-state index contributed by atoms with van der Waals surface area (Å²) in [6, 6.07) is 12.0. The summed E-state index contributed by atoms with van der Waals surface area (Å²) in [5, 5.41) is 2.66. The number of likely N-dealkylation sites (tertiary alicyclic amines) is 2. The molecule has 30 heavy (non-hydrogen) atoms. The molecule has 5 rings (SSSR count). The standard InChI is InChI=1S/C24H27ClN2O2S/c25-19-8-6-18(7-9-19)24(11-3-12-24)23(29)27-13-1-4-17-16-26(14-10-20(17)27)22(28)21-5-2-15-30-21/h2,5-9,15,17,20H,1,3-4,10-14,16H2/t17-,20+/m1/s1. The van der Waals surface area contributed by atoms with Crippen molar-refractivity contribution in [2.45, 2.75) is 50.0 Å². The molecule has 0 unspecified atom stereocenters. The monoisotopic (exact) mass is 442 g/mol. The third-order valence-electron chi connectivity index (χ3n) is 7.36. The van der Waals surface area contributed by atoms with Crippen LogP contribution < -0.4 is 0 Å². The number of benzene rings is 1. The predicted octanol–water partition coefficient (Wildman–Crippen LogP) is 4.98. The fourth-order valence-electron chi connectivity index (χ4n) is 5.60. The fraction of sp³-hybridized carbons (Fsp3) is 0.500. The summed E-state index contributed by atoms with van der Waals surface area (Å²) in [7, 11) is 0. The molecule has 1 aromatic carbocycles. The van der Waals surface area contributed by atoms with E-state index in [-0.39, 0.29) is 17.4 Å². The van der Waals surface area contributed by atoms with Gasteiger partial charge in [0.1, 0.15) is 0 Å². The molecular weight excluding hydrogens is 416 g/mol. The second-order valence-electron chi connectivity index (χ2n) is 8.93. The van der Waals surface area contributed by atoms with E-state index in [0.717, 1.165) is 68.6 Å². The molecule has 2 atom stereocenters. The minimum Gasteiger partial charge on any atom is -0.339 e. The Morgan fingerprint density at radius 1 is 1.03 bits per heavy atom. The van der Waals surface area contributed by atoms with E-state index in [9.17, 15) is 9.59 Å². The van der Waals surface area contributed by atoms with E-state index >= 15 is 0 Å². The Kier molecular flexibility index (Phi) is 5.36. The third-order valence-corrected chi connectivity index (χ3v) is 8.47. The van der Waals surface area contributed by atoms with Gasteiger partial charge in [-0.3, -0.25) is 9.59 Å². The first-order valence-corrected chi connectivity index (χ1v) is 12.2. The van der Waals surface area contributed by atoms with Crippen LogP contribution in [0.3, 0.4) is 0 Å². The molecule has 2 aromatic rings. The maximum atomic E-state index is 13.9. The summed E-state index contributed by atoms with van der Waals surface area (Å²) in [5.41, 5.74) is 0.728. The minimum atomic E-state index is -0.379. The van der Waals surface area contributed by atoms with Crippen LogP contribution >= 0.6 is 22.9 Å². The van der Waals surface area contributed by atoms with Crippen molar-refractivity contribution < 1.29 is 9.59 Å². The topological polar surface area (TPSA) is 40.6 Å². The Labute approximate surface area is 186 Å². The van der Waals surface area contributed by atoms with E-state index in [2.05, 4.69) is 4.90 Å². The summed E-state index contributed by atoms with van der Waals surface area (Å²) in [6.45, 7) is 2.34. The van der Waals surface area contributed by atoms with Gasteiger partial charge < -0.3 is 9.80 Å². The lowest BCUT2D eigenvalue weighted by Gasteiger charge is -2.52. The molecule has 2 amide bonds. The van der Waals surface area contributed by atoms with Crippen molar-refractivity contribution in [1.82, 2.24) is 9.80 Å². The molecule has 6 heteroatoms. The van der Waals surface area contributed by atoms with Gasteiger partial charge in [0, 0.05) is 30.7 Å². The Morgan fingerprint density at radius 3 is 2.50 bits per heavy atom. The van der Waals surface area contributed by atoms with Gasteiger partial charge in [-0.15, -0.1) is 11.3 Å². The van der Waals surface area contributed by atoms with Crippen molar-refractivity contribution >= 4 is 34.8 Å². The number of fused-ring (bicyclic) bond motifs is 1. The van der Waals surface area contributed by atoms with Crippen LogP contribution in [0.15, 0.2) is 41.8 Å². The van der Waals surface area contributed by atoms with E-state index < -0.39 is 0 Å². The van der Waals surface area contributed by atoms with Crippen molar-refractivity contribution in [3.05, 3.63) is 57.2 Å². The second kappa shape index (κ2) is 8.01. The molecular formula is C24H27ClN2O2S. The molecule has 158 valence electrons. The summed E-state index contributed by atoms with van der Waals surface area (Å²) in [5.74, 6) is 0.815. The number of hydrogen-bond donors (Lipinski definition) is 0. The fourth-order valence-corrected chi connectivity index (χ4v) is 6.41. The van der Waals surface area contributed by atoms with Gasteiger partial charge in [0.15, 0.2) is 0 Å². The average Bonchev–Trinajstić information content (AvgIpc) is 3.27. The molecule has 3 heterocycles. The highest BCUT2D eigenvalue weighted by Crippen LogP contribution is 2.47. The highest BCUT2D eigenvalue weighted by molar-refractivity contribution is 7.12. The average molecular weight is 443 g/mol. The molecule has 1 saturated carbocycles. The number of piperidine rings is 2. The Balaban J connectivity index is 1.34. The predicted molar refractivity (Wildman–Crippen MR) is 120 cm³/mol. The maximum Gasteiger partial charge on any atom is 0.263 e. The van der Waals surface area contributed by atoms with Crippen LogP contribution in [0.5, 0.6) is 0 Å². The third kappa shape index (κ3) is 3.36. The van der Waals surface area contributed by atoms with Crippen molar-refractivity contribution in [2.75, 3.05) is 19.6 Å². The van der Waals surface area contributed by atoms with Gasteiger partial charge in [-0.2, -0.15) is 0 Å². The zero-order valence-electron chi connectivity index (χ0n) is 17.1. The molecule has 1 aliphatic carbocycles. The molecule has 2 saturated heterocycles. The van der Waals surface area contributed by atoms with Gasteiger partial charge in [-0.1, -0.05) is 36.2 Å². The van der Waals surface area contributed by atoms with Crippen LogP contribution in [0.4, 0.5) is 0 Å². The number of carbonyl (C=O) groups excluding carboxylic acids is 2. The quantitative estimate of drug-likeness (QED) is 0.672. The smallest absolute Gasteiger partial charge is 0.263 e. The molecule has 4 nitrogen and oxygen atoms in total. The normalized spacial score (nSPS) is 25.4. The first-order valence-electron chi connectivity index (χ1n) is 11.0. The van der Waals surface area contributed by atoms with Crippen molar-refractivity contribution in [3.63, 3.8) is 0 Å². The highest BCUT2D eigenvalue weighted by atomic mass is 35.5. The van der Waals surface area contributed by atoms with Crippen molar-refractivity contribution in [1.29, 1.82) is 0 Å². The van der Waals surface area contributed by atoms with E-state index in [4.69, 9.17) is 11.6 Å². The summed E-state index contributed by atoms with van der Waals surface area (Å²) < 4.78 is 0. The summed E-state index contributed by atoms with van der Waals surface area (Å²) in [6.07, 6.45) is 5.93. The van der Waals surface area contributed by atoms with Gasteiger partial charge in [-0.25, -0.2) is 0 Å². The van der Waals surface area contributed by atoms with Crippen LogP contribution in [-0.2, 0) is 10.2 Å². The second-order valence-corrected chi connectivity index (χ2v) is 10.3. The van der Waals surface area contributed by atoms with E-state index in [1.807, 2.05) is 46.7 Å². The zero-order chi connectivity index (χ0) is 20.7. The lowest BCUT2D eigenvalue weighted by molar-refractivity contribution is -0.148. The number of thiophene rings is 1. The lowest BCUT2D eigenvalue weighted by atomic mass is 9.63.